The molecule has 0 saturated heterocycles. The maximum Gasteiger partial charge on any atom is 0.123 e. The van der Waals surface area contributed by atoms with Crippen molar-refractivity contribution in [2.45, 2.75) is 12.5 Å². The number of aromatic nitrogens is 1. The highest BCUT2D eigenvalue weighted by Gasteiger charge is 2.11. The molecule has 2 nitrogen and oxygen atoms in total. The van der Waals surface area contributed by atoms with Crippen LogP contribution in [-0.2, 0) is 6.42 Å². The van der Waals surface area contributed by atoms with Crippen LogP contribution in [0.15, 0.2) is 33.6 Å². The fourth-order valence-electron chi connectivity index (χ4n) is 1.45. The number of thiazole rings is 1. The van der Waals surface area contributed by atoms with Gasteiger partial charge >= 0.3 is 0 Å². The van der Waals surface area contributed by atoms with Crippen molar-refractivity contribution in [2.75, 3.05) is 0 Å². The Bertz CT molecular complexity index is 473. The molecule has 1 heterocycles. The molecule has 1 aromatic carbocycles. The second-order valence-electron chi connectivity index (χ2n) is 3.46. The molecule has 0 amide bonds. The van der Waals surface area contributed by atoms with Crippen LogP contribution in [0.25, 0.3) is 0 Å². The Labute approximate surface area is 105 Å². The summed E-state index contributed by atoms with van der Waals surface area (Å²) in [5, 5.41) is 1.91. The number of rotatable bonds is 3. The quantitative estimate of drug-likeness (QED) is 0.945. The van der Waals surface area contributed by atoms with Crippen molar-refractivity contribution >= 4 is 27.3 Å². The molecule has 0 radical (unpaired) electrons. The molecule has 2 rings (SSSR count). The molecule has 0 aliphatic carbocycles. The van der Waals surface area contributed by atoms with E-state index in [2.05, 4.69) is 20.9 Å². The van der Waals surface area contributed by atoms with E-state index in [-0.39, 0.29) is 11.9 Å². The number of halogens is 2. The molecule has 5 heteroatoms. The predicted octanol–water partition coefficient (Wildman–Crippen LogP) is 3.29. The molecule has 1 aromatic heterocycles. The third-order valence-electron chi connectivity index (χ3n) is 2.28. The lowest BCUT2D eigenvalue weighted by Gasteiger charge is -2.10. The van der Waals surface area contributed by atoms with Crippen LogP contribution >= 0.6 is 27.3 Å². The Kier molecular flexibility index (Phi) is 3.68. The standard InChI is InChI=1S/C11H10BrFN2S/c12-9-2-1-8(13)3-7(9)4-10(14)11-5-16-6-15-11/h1-3,5-6,10H,4,14H2. The van der Waals surface area contributed by atoms with Gasteiger partial charge in [-0.05, 0) is 30.2 Å². The van der Waals surface area contributed by atoms with Gasteiger partial charge in [0.15, 0.2) is 0 Å². The summed E-state index contributed by atoms with van der Waals surface area (Å²) in [6, 6.07) is 4.42. The van der Waals surface area contributed by atoms with Gasteiger partial charge < -0.3 is 5.73 Å². The molecular formula is C11H10BrFN2S. The van der Waals surface area contributed by atoms with Crippen LogP contribution in [0.1, 0.15) is 17.3 Å². The van der Waals surface area contributed by atoms with Gasteiger partial charge in [-0.15, -0.1) is 11.3 Å². The Morgan fingerprint density at radius 1 is 1.50 bits per heavy atom. The van der Waals surface area contributed by atoms with Crippen molar-refractivity contribution in [1.29, 1.82) is 0 Å². The van der Waals surface area contributed by atoms with Crippen LogP contribution in [0.4, 0.5) is 4.39 Å². The number of hydrogen-bond acceptors (Lipinski definition) is 3. The van der Waals surface area contributed by atoms with E-state index in [9.17, 15) is 4.39 Å². The smallest absolute Gasteiger partial charge is 0.123 e. The van der Waals surface area contributed by atoms with Crippen LogP contribution in [0.5, 0.6) is 0 Å². The van der Waals surface area contributed by atoms with E-state index in [0.29, 0.717) is 6.42 Å². The fourth-order valence-corrected chi connectivity index (χ4v) is 2.47. The largest absolute Gasteiger partial charge is 0.322 e. The SMILES string of the molecule is NC(Cc1cc(F)ccc1Br)c1cscn1. The van der Waals surface area contributed by atoms with Crippen LogP contribution in [0.3, 0.4) is 0 Å². The van der Waals surface area contributed by atoms with E-state index >= 15 is 0 Å². The lowest BCUT2D eigenvalue weighted by atomic mass is 10.0. The van der Waals surface area contributed by atoms with Gasteiger partial charge in [0.05, 0.1) is 17.2 Å². The summed E-state index contributed by atoms with van der Waals surface area (Å²) < 4.78 is 13.9. The molecule has 1 unspecified atom stereocenters. The first kappa shape index (κ1) is 11.7. The van der Waals surface area contributed by atoms with Gasteiger partial charge in [-0.2, -0.15) is 0 Å². The molecule has 84 valence electrons. The van der Waals surface area contributed by atoms with Gasteiger partial charge in [0.1, 0.15) is 5.82 Å². The first-order valence-corrected chi connectivity index (χ1v) is 6.48. The number of nitrogens with zero attached hydrogens (tertiary/aromatic N) is 1. The van der Waals surface area contributed by atoms with Crippen LogP contribution < -0.4 is 5.73 Å². The van der Waals surface area contributed by atoms with Crippen LogP contribution in [0, 0.1) is 5.82 Å². The molecule has 0 saturated carbocycles. The molecule has 2 aromatic rings. The van der Waals surface area contributed by atoms with Gasteiger partial charge in [0.2, 0.25) is 0 Å². The Balaban J connectivity index is 2.17. The van der Waals surface area contributed by atoms with Gasteiger partial charge in [0, 0.05) is 9.85 Å². The minimum atomic E-state index is -0.247. The van der Waals surface area contributed by atoms with Gasteiger partial charge in [-0.25, -0.2) is 9.37 Å². The lowest BCUT2D eigenvalue weighted by Crippen LogP contribution is -2.14. The molecule has 0 aliphatic heterocycles. The zero-order valence-corrected chi connectivity index (χ0v) is 10.8. The number of hydrogen-bond donors (Lipinski definition) is 1. The normalized spacial score (nSPS) is 12.7. The average molecular weight is 301 g/mol. The Morgan fingerprint density at radius 3 is 3.00 bits per heavy atom. The molecule has 16 heavy (non-hydrogen) atoms. The second-order valence-corrected chi connectivity index (χ2v) is 5.03. The van der Waals surface area contributed by atoms with E-state index in [0.717, 1.165) is 15.7 Å². The van der Waals surface area contributed by atoms with Crippen molar-refractivity contribution in [3.05, 3.63) is 50.6 Å². The van der Waals surface area contributed by atoms with Gasteiger partial charge in [0.25, 0.3) is 0 Å². The summed E-state index contributed by atoms with van der Waals surface area (Å²) in [6.45, 7) is 0. The maximum absolute atomic E-state index is 13.1. The highest BCUT2D eigenvalue weighted by molar-refractivity contribution is 9.10. The van der Waals surface area contributed by atoms with Crippen LogP contribution in [-0.4, -0.2) is 4.98 Å². The topological polar surface area (TPSA) is 38.9 Å². The summed E-state index contributed by atoms with van der Waals surface area (Å²) >= 11 is 4.89. The molecule has 0 aliphatic rings. The minimum Gasteiger partial charge on any atom is -0.322 e. The zero-order valence-electron chi connectivity index (χ0n) is 8.36. The highest BCUT2D eigenvalue weighted by atomic mass is 79.9. The number of nitrogens with two attached hydrogens (primary N) is 1. The van der Waals surface area contributed by atoms with Crippen molar-refractivity contribution < 1.29 is 4.39 Å². The molecule has 1 atom stereocenters. The van der Waals surface area contributed by atoms with Crippen molar-refractivity contribution in [1.82, 2.24) is 4.98 Å². The minimum absolute atomic E-state index is 0.190. The molecule has 0 bridgehead atoms. The van der Waals surface area contributed by atoms with Crippen molar-refractivity contribution in [3.63, 3.8) is 0 Å². The average Bonchev–Trinajstić information content (AvgIpc) is 2.76. The van der Waals surface area contributed by atoms with E-state index < -0.39 is 0 Å². The maximum atomic E-state index is 13.1. The van der Waals surface area contributed by atoms with Gasteiger partial charge in [-0.1, -0.05) is 15.9 Å². The van der Waals surface area contributed by atoms with E-state index in [1.807, 2.05) is 5.38 Å². The summed E-state index contributed by atoms with van der Waals surface area (Å²) in [5.41, 5.74) is 9.45. The van der Waals surface area contributed by atoms with Gasteiger partial charge in [-0.3, -0.25) is 0 Å². The summed E-state index contributed by atoms with van der Waals surface area (Å²) in [4.78, 5) is 4.15. The second kappa shape index (κ2) is 5.03. The molecule has 2 N–H and O–H groups in total. The van der Waals surface area contributed by atoms with Crippen LogP contribution in [0.2, 0.25) is 0 Å². The highest BCUT2D eigenvalue weighted by Crippen LogP contribution is 2.23. The third-order valence-corrected chi connectivity index (χ3v) is 3.66. The first-order valence-electron chi connectivity index (χ1n) is 4.74. The summed E-state index contributed by atoms with van der Waals surface area (Å²) in [5.74, 6) is -0.247. The molecule has 0 spiro atoms. The third kappa shape index (κ3) is 2.66. The van der Waals surface area contributed by atoms with Crippen molar-refractivity contribution in [2.24, 2.45) is 5.73 Å². The first-order chi connectivity index (χ1) is 7.66. The molecular weight excluding hydrogens is 291 g/mol. The van der Waals surface area contributed by atoms with E-state index in [4.69, 9.17) is 5.73 Å². The Morgan fingerprint density at radius 2 is 2.31 bits per heavy atom. The lowest BCUT2D eigenvalue weighted by molar-refractivity contribution is 0.620. The van der Waals surface area contributed by atoms with E-state index in [1.165, 1.54) is 23.5 Å². The predicted molar refractivity (Wildman–Crippen MR) is 66.8 cm³/mol. The zero-order chi connectivity index (χ0) is 11.5. The molecule has 0 fully saturated rings. The fraction of sp³-hybridized carbons (Fsp3) is 0.182. The van der Waals surface area contributed by atoms with E-state index in [1.54, 1.807) is 11.6 Å². The summed E-state index contributed by atoms with van der Waals surface area (Å²) in [7, 11) is 0. The summed E-state index contributed by atoms with van der Waals surface area (Å²) in [6.07, 6.45) is 0.572. The monoisotopic (exact) mass is 300 g/mol. The number of benzene rings is 1. The Hall–Kier alpha value is -0.780. The van der Waals surface area contributed by atoms with Crippen molar-refractivity contribution in [3.8, 4) is 0 Å².